The third-order valence-electron chi connectivity index (χ3n) is 4.35. The van der Waals surface area contributed by atoms with Crippen molar-refractivity contribution in [2.75, 3.05) is 6.54 Å². The van der Waals surface area contributed by atoms with Gasteiger partial charge in [-0.15, -0.1) is 0 Å². The first kappa shape index (κ1) is 14.9. The lowest BCUT2D eigenvalue weighted by molar-refractivity contribution is 0.0687. The number of amides is 1. The zero-order chi connectivity index (χ0) is 15.7. The Bertz CT molecular complexity index is 671. The molecular formula is C17H23N3O2. The smallest absolute Gasteiger partial charge is 0.289 e. The van der Waals surface area contributed by atoms with E-state index in [0.29, 0.717) is 5.76 Å². The summed E-state index contributed by atoms with van der Waals surface area (Å²) < 4.78 is 7.62. The minimum atomic E-state index is 0.00345. The van der Waals surface area contributed by atoms with E-state index < -0.39 is 0 Å². The van der Waals surface area contributed by atoms with E-state index in [1.165, 1.54) is 0 Å². The minimum absolute atomic E-state index is 0.00345. The monoisotopic (exact) mass is 301 g/mol. The van der Waals surface area contributed by atoms with E-state index in [1.807, 2.05) is 29.5 Å². The molecule has 0 aliphatic carbocycles. The van der Waals surface area contributed by atoms with Crippen LogP contribution >= 0.6 is 0 Å². The van der Waals surface area contributed by atoms with Crippen LogP contribution in [-0.4, -0.2) is 33.2 Å². The topological polar surface area (TPSA) is 51.3 Å². The van der Waals surface area contributed by atoms with Gasteiger partial charge in [-0.3, -0.25) is 9.48 Å². The Balaban J connectivity index is 1.75. The van der Waals surface area contributed by atoms with Crippen molar-refractivity contribution >= 4 is 5.91 Å². The van der Waals surface area contributed by atoms with Gasteiger partial charge in [0.1, 0.15) is 5.76 Å². The highest BCUT2D eigenvalue weighted by molar-refractivity contribution is 5.92. The van der Waals surface area contributed by atoms with E-state index in [0.717, 1.165) is 49.5 Å². The first-order valence-corrected chi connectivity index (χ1v) is 7.99. The van der Waals surface area contributed by atoms with Gasteiger partial charge in [-0.1, -0.05) is 6.92 Å². The summed E-state index contributed by atoms with van der Waals surface area (Å²) in [6.45, 7) is 7.63. The van der Waals surface area contributed by atoms with Crippen LogP contribution in [0.1, 0.15) is 47.5 Å². The maximum atomic E-state index is 12.7. The van der Waals surface area contributed by atoms with Crippen LogP contribution in [0, 0.1) is 13.8 Å². The van der Waals surface area contributed by atoms with Crippen molar-refractivity contribution in [2.24, 2.45) is 0 Å². The largest absolute Gasteiger partial charge is 0.456 e. The van der Waals surface area contributed by atoms with Gasteiger partial charge in [-0.25, -0.2) is 0 Å². The normalized spacial score (nSPS) is 18.1. The van der Waals surface area contributed by atoms with Crippen molar-refractivity contribution < 1.29 is 9.21 Å². The highest BCUT2D eigenvalue weighted by atomic mass is 16.4. The highest BCUT2D eigenvalue weighted by Crippen LogP contribution is 2.23. The molecule has 1 atom stereocenters. The lowest BCUT2D eigenvalue weighted by Gasteiger charge is -2.24. The second-order valence-electron chi connectivity index (χ2n) is 6.02. The van der Waals surface area contributed by atoms with E-state index in [2.05, 4.69) is 18.1 Å². The Kier molecular flexibility index (Phi) is 4.05. The molecule has 1 aliphatic rings. The van der Waals surface area contributed by atoms with Crippen LogP contribution in [0.25, 0.3) is 0 Å². The molecule has 1 aliphatic heterocycles. The molecule has 1 fully saturated rings. The Morgan fingerprint density at radius 1 is 1.41 bits per heavy atom. The molecule has 5 nitrogen and oxygen atoms in total. The Morgan fingerprint density at radius 3 is 2.86 bits per heavy atom. The van der Waals surface area contributed by atoms with Crippen molar-refractivity contribution in [3.8, 4) is 0 Å². The molecule has 118 valence electrons. The van der Waals surface area contributed by atoms with Crippen LogP contribution < -0.4 is 0 Å². The molecule has 1 amide bonds. The number of carbonyl (C=O) groups is 1. The van der Waals surface area contributed by atoms with E-state index in [9.17, 15) is 4.79 Å². The molecular weight excluding hydrogens is 278 g/mol. The second kappa shape index (κ2) is 5.99. The lowest BCUT2D eigenvalue weighted by Crippen LogP contribution is -2.38. The highest BCUT2D eigenvalue weighted by Gasteiger charge is 2.31. The van der Waals surface area contributed by atoms with E-state index >= 15 is 0 Å². The van der Waals surface area contributed by atoms with Gasteiger partial charge in [0.2, 0.25) is 0 Å². The van der Waals surface area contributed by atoms with E-state index in [4.69, 9.17) is 4.42 Å². The molecule has 0 radical (unpaired) electrons. The van der Waals surface area contributed by atoms with Crippen molar-refractivity contribution in [2.45, 2.75) is 52.6 Å². The summed E-state index contributed by atoms with van der Waals surface area (Å²) in [5.74, 6) is 1.32. The molecule has 1 unspecified atom stereocenters. The predicted octanol–water partition coefficient (Wildman–Crippen LogP) is 2.96. The number of hydrogen-bond acceptors (Lipinski definition) is 3. The number of aryl methyl sites for hydroxylation is 3. The van der Waals surface area contributed by atoms with Crippen molar-refractivity contribution in [1.29, 1.82) is 0 Å². The number of nitrogens with zero attached hydrogens (tertiary/aromatic N) is 3. The van der Waals surface area contributed by atoms with Crippen LogP contribution in [0.3, 0.4) is 0 Å². The summed E-state index contributed by atoms with van der Waals surface area (Å²) in [7, 11) is 0. The number of hydrogen-bond donors (Lipinski definition) is 0. The molecule has 22 heavy (non-hydrogen) atoms. The van der Waals surface area contributed by atoms with Crippen molar-refractivity contribution in [3.05, 3.63) is 41.1 Å². The summed E-state index contributed by atoms with van der Waals surface area (Å²) >= 11 is 0. The van der Waals surface area contributed by atoms with Crippen LogP contribution in [0.2, 0.25) is 0 Å². The zero-order valence-corrected chi connectivity index (χ0v) is 13.5. The third kappa shape index (κ3) is 2.80. The maximum absolute atomic E-state index is 12.7. The molecule has 2 aromatic heterocycles. The van der Waals surface area contributed by atoms with Gasteiger partial charge in [0, 0.05) is 18.7 Å². The fourth-order valence-corrected chi connectivity index (χ4v) is 3.18. The minimum Gasteiger partial charge on any atom is -0.456 e. The fraction of sp³-hybridized carbons (Fsp3) is 0.529. The van der Waals surface area contributed by atoms with Gasteiger partial charge in [0.15, 0.2) is 5.76 Å². The van der Waals surface area contributed by atoms with Crippen molar-refractivity contribution in [1.82, 2.24) is 14.7 Å². The van der Waals surface area contributed by atoms with Gasteiger partial charge in [0.05, 0.1) is 18.3 Å². The summed E-state index contributed by atoms with van der Waals surface area (Å²) in [6.07, 6.45) is 2.87. The maximum Gasteiger partial charge on any atom is 0.289 e. The SMILES string of the molecule is CCc1ccc(C(=O)N2CCCC2Cn2nc(C)cc2C)o1. The van der Waals surface area contributed by atoms with Crippen molar-refractivity contribution in [3.63, 3.8) is 0 Å². The number of furan rings is 1. The van der Waals surface area contributed by atoms with Gasteiger partial charge in [-0.2, -0.15) is 5.10 Å². The van der Waals surface area contributed by atoms with Crippen LogP contribution in [0.4, 0.5) is 0 Å². The average molecular weight is 301 g/mol. The van der Waals surface area contributed by atoms with Gasteiger partial charge in [0.25, 0.3) is 5.91 Å². The van der Waals surface area contributed by atoms with Crippen LogP contribution in [-0.2, 0) is 13.0 Å². The fourth-order valence-electron chi connectivity index (χ4n) is 3.18. The zero-order valence-electron chi connectivity index (χ0n) is 13.5. The first-order chi connectivity index (χ1) is 10.6. The molecule has 3 rings (SSSR count). The average Bonchev–Trinajstić information content (AvgIpc) is 3.20. The summed E-state index contributed by atoms with van der Waals surface area (Å²) in [5.41, 5.74) is 2.16. The summed E-state index contributed by atoms with van der Waals surface area (Å²) in [4.78, 5) is 14.6. The summed E-state index contributed by atoms with van der Waals surface area (Å²) in [5, 5.41) is 4.51. The predicted molar refractivity (Wildman–Crippen MR) is 83.8 cm³/mol. The van der Waals surface area contributed by atoms with Crippen LogP contribution in [0.15, 0.2) is 22.6 Å². The number of likely N-dealkylation sites (tertiary alicyclic amines) is 1. The Hall–Kier alpha value is -2.04. The Morgan fingerprint density at radius 2 is 2.23 bits per heavy atom. The molecule has 2 aromatic rings. The van der Waals surface area contributed by atoms with Crippen LogP contribution in [0.5, 0.6) is 0 Å². The van der Waals surface area contributed by atoms with E-state index in [-0.39, 0.29) is 11.9 Å². The number of aromatic nitrogens is 2. The molecule has 0 saturated carbocycles. The standard InChI is InChI=1S/C17H23N3O2/c1-4-15-7-8-16(22-15)17(21)19-9-5-6-14(19)11-20-13(3)10-12(2)18-20/h7-8,10,14H,4-6,9,11H2,1-3H3. The lowest BCUT2D eigenvalue weighted by atomic mass is 10.2. The van der Waals surface area contributed by atoms with E-state index in [1.54, 1.807) is 6.07 Å². The quantitative estimate of drug-likeness (QED) is 0.872. The summed E-state index contributed by atoms with van der Waals surface area (Å²) in [6, 6.07) is 5.95. The molecule has 0 N–H and O–H groups in total. The molecule has 3 heterocycles. The van der Waals surface area contributed by atoms with Gasteiger partial charge < -0.3 is 9.32 Å². The molecule has 0 aromatic carbocycles. The van der Waals surface area contributed by atoms with Gasteiger partial charge >= 0.3 is 0 Å². The third-order valence-corrected chi connectivity index (χ3v) is 4.35. The molecule has 1 saturated heterocycles. The molecule has 5 heteroatoms. The van der Waals surface area contributed by atoms with Gasteiger partial charge in [-0.05, 0) is 44.9 Å². The second-order valence-corrected chi connectivity index (χ2v) is 6.02. The number of carbonyl (C=O) groups excluding carboxylic acids is 1. The Labute approximate surface area is 130 Å². The molecule has 0 spiro atoms. The number of rotatable bonds is 4. The first-order valence-electron chi connectivity index (χ1n) is 7.99. The molecule has 0 bridgehead atoms.